The molecule has 0 unspecified atom stereocenters. The Kier molecular flexibility index (Phi) is 11.8. The maximum atomic E-state index is 8.88. The molecule has 0 aromatic heterocycles. The zero-order valence-electron chi connectivity index (χ0n) is 3.64. The van der Waals surface area contributed by atoms with Gasteiger partial charge in [0.15, 0.2) is 0 Å². The largest absolute Gasteiger partial charge is 3.00 e. The van der Waals surface area contributed by atoms with Gasteiger partial charge in [0.2, 0.25) is 0 Å². The molecule has 3 N–H and O–H groups in total. The average Bonchev–Trinajstić information content (AvgIpc) is 0.722. The number of hydrogen-bond donors (Lipinski definition) is 3. The molecule has 0 fully saturated rings. The molecular formula is H3LiO4P2+4. The smallest absolute Gasteiger partial charge is 0.303 e. The summed E-state index contributed by atoms with van der Waals surface area (Å²) in [6, 6.07) is 0. The van der Waals surface area contributed by atoms with Gasteiger partial charge in [-0.25, -0.2) is 4.57 Å². The van der Waals surface area contributed by atoms with Crippen LogP contribution >= 0.6 is 17.7 Å². The third kappa shape index (κ3) is 146. The summed E-state index contributed by atoms with van der Waals surface area (Å²) in [5, 5.41) is 0. The van der Waals surface area contributed by atoms with Crippen LogP contribution in [0, 0.1) is 0 Å². The van der Waals surface area contributed by atoms with Crippen molar-refractivity contribution in [1.82, 2.24) is 0 Å². The van der Waals surface area contributed by atoms with Gasteiger partial charge in [-0.1, -0.05) is 0 Å². The summed E-state index contributed by atoms with van der Waals surface area (Å²) in [5.74, 6) is 0. The molecule has 0 aliphatic heterocycles. The summed E-state index contributed by atoms with van der Waals surface area (Å²) < 4.78 is 8.88. The van der Waals surface area contributed by atoms with E-state index in [9.17, 15) is 0 Å². The van der Waals surface area contributed by atoms with E-state index in [2.05, 4.69) is 0 Å². The van der Waals surface area contributed by atoms with Crippen LogP contribution < -0.4 is 18.9 Å². The Morgan fingerprint density at radius 3 is 1.14 bits per heavy atom. The molecule has 0 bridgehead atoms. The molecule has 0 heterocycles. The Hall–Kier alpha value is 1.14. The SMILES string of the molecule is O=P(O)(O)O.[Li+].[P+3]. The van der Waals surface area contributed by atoms with Gasteiger partial charge in [0, 0.05) is 0 Å². The fraction of sp³-hybridized carbons (Fsp3) is 0. The van der Waals surface area contributed by atoms with Crippen molar-refractivity contribution in [2.75, 3.05) is 0 Å². The van der Waals surface area contributed by atoms with Crippen molar-refractivity contribution in [3.8, 4) is 0 Å². The van der Waals surface area contributed by atoms with Crippen molar-refractivity contribution < 1.29 is 38.1 Å². The fourth-order valence-electron chi connectivity index (χ4n) is 0. The molecule has 0 aliphatic rings. The maximum absolute atomic E-state index is 8.88. The zero-order chi connectivity index (χ0) is 4.50. The summed E-state index contributed by atoms with van der Waals surface area (Å²) >= 11 is 0. The van der Waals surface area contributed by atoms with Gasteiger partial charge in [0.25, 0.3) is 0 Å². The van der Waals surface area contributed by atoms with Gasteiger partial charge >= 0.3 is 36.6 Å². The van der Waals surface area contributed by atoms with Gasteiger partial charge in [-0.3, -0.25) is 0 Å². The molecule has 0 rings (SSSR count). The molecule has 7 heteroatoms. The first kappa shape index (κ1) is 15.7. The van der Waals surface area contributed by atoms with Crippen molar-refractivity contribution in [3.63, 3.8) is 0 Å². The van der Waals surface area contributed by atoms with E-state index in [4.69, 9.17) is 19.2 Å². The van der Waals surface area contributed by atoms with E-state index in [1.807, 2.05) is 0 Å². The number of phosphoric acid groups is 1. The second-order valence-corrected chi connectivity index (χ2v) is 1.54. The molecule has 0 aromatic rings. The molecule has 0 aliphatic carbocycles. The summed E-state index contributed by atoms with van der Waals surface area (Å²) in [7, 11) is -4.64. The van der Waals surface area contributed by atoms with E-state index in [1.165, 1.54) is 0 Å². The van der Waals surface area contributed by atoms with Crippen LogP contribution in [0.15, 0.2) is 0 Å². The van der Waals surface area contributed by atoms with E-state index in [0.29, 0.717) is 0 Å². The number of hydrogen-bond acceptors (Lipinski definition) is 1. The third-order valence-corrected chi connectivity index (χ3v) is 0. The van der Waals surface area contributed by atoms with Gasteiger partial charge in [0.05, 0.1) is 0 Å². The Labute approximate surface area is 56.4 Å². The molecule has 0 spiro atoms. The Balaban J connectivity index is -0.0000000800. The van der Waals surface area contributed by atoms with E-state index in [1.54, 1.807) is 0 Å². The van der Waals surface area contributed by atoms with Crippen LogP contribution in [0.4, 0.5) is 0 Å². The Morgan fingerprint density at radius 1 is 1.14 bits per heavy atom. The summed E-state index contributed by atoms with van der Waals surface area (Å²) in [6.07, 6.45) is 0. The van der Waals surface area contributed by atoms with Crippen molar-refractivity contribution in [2.45, 2.75) is 0 Å². The van der Waals surface area contributed by atoms with Crippen LogP contribution in [0.2, 0.25) is 0 Å². The monoisotopic (exact) mass is 136 g/mol. The predicted molar refractivity (Wildman–Crippen MR) is 21.2 cm³/mol. The summed E-state index contributed by atoms with van der Waals surface area (Å²) in [4.78, 5) is 21.6. The minimum atomic E-state index is -4.64. The minimum absolute atomic E-state index is 0. The predicted octanol–water partition coefficient (Wildman–Crippen LogP) is -3.06. The summed E-state index contributed by atoms with van der Waals surface area (Å²) in [5.41, 5.74) is 0. The first-order chi connectivity index (χ1) is 2.00. The molecule has 4 nitrogen and oxygen atoms in total. The van der Waals surface area contributed by atoms with E-state index >= 15 is 0 Å². The fourth-order valence-corrected chi connectivity index (χ4v) is 0. The average molecular weight is 136 g/mol. The normalized spacial score (nSPS) is 8.43. The summed E-state index contributed by atoms with van der Waals surface area (Å²) in [6.45, 7) is 0. The number of rotatable bonds is 0. The van der Waals surface area contributed by atoms with Crippen molar-refractivity contribution in [1.29, 1.82) is 0 Å². The zero-order valence-corrected chi connectivity index (χ0v) is 5.43. The van der Waals surface area contributed by atoms with Crippen LogP contribution in [0.5, 0.6) is 0 Å². The van der Waals surface area contributed by atoms with Gasteiger partial charge < -0.3 is 14.7 Å². The Bertz CT molecular complexity index is 55.8. The standard InChI is InChI=1S/Li.H3O4P.P/c;1-5(2,3)4;/h;(H3,1,2,3,4);/q+1;;+3. The van der Waals surface area contributed by atoms with Crippen molar-refractivity contribution in [3.05, 3.63) is 0 Å². The molecular weight excluding hydrogens is 133 g/mol. The van der Waals surface area contributed by atoms with Crippen LogP contribution in [-0.4, -0.2) is 14.7 Å². The van der Waals surface area contributed by atoms with E-state index < -0.39 is 7.82 Å². The third-order valence-electron chi connectivity index (χ3n) is 0. The first-order valence-corrected chi connectivity index (χ1v) is 2.35. The quantitative estimate of drug-likeness (QED) is 0.244. The van der Waals surface area contributed by atoms with Gasteiger partial charge in [-0.15, -0.1) is 0 Å². The molecule has 7 heavy (non-hydrogen) atoms. The topological polar surface area (TPSA) is 77.8 Å². The Morgan fingerprint density at radius 2 is 1.14 bits per heavy atom. The van der Waals surface area contributed by atoms with Crippen molar-refractivity contribution >= 4 is 17.7 Å². The molecule has 0 saturated heterocycles. The van der Waals surface area contributed by atoms with E-state index in [-0.39, 0.29) is 28.8 Å². The molecule has 0 amide bonds. The van der Waals surface area contributed by atoms with Gasteiger partial charge in [0.1, 0.15) is 0 Å². The first-order valence-electron chi connectivity index (χ1n) is 0.783. The molecule has 0 atom stereocenters. The second kappa shape index (κ2) is 5.28. The van der Waals surface area contributed by atoms with Crippen LogP contribution in [-0.2, 0) is 4.57 Å². The minimum Gasteiger partial charge on any atom is -0.303 e. The van der Waals surface area contributed by atoms with Gasteiger partial charge in [-0.2, -0.15) is 0 Å². The molecule has 2 radical (unpaired) electrons. The molecule has 34 valence electrons. The molecule has 0 saturated carbocycles. The van der Waals surface area contributed by atoms with Crippen molar-refractivity contribution in [2.24, 2.45) is 0 Å². The molecule has 0 aromatic carbocycles. The maximum Gasteiger partial charge on any atom is 3.00 e. The van der Waals surface area contributed by atoms with Crippen LogP contribution in [0.1, 0.15) is 0 Å². The van der Waals surface area contributed by atoms with Crippen LogP contribution in [0.25, 0.3) is 0 Å². The van der Waals surface area contributed by atoms with E-state index in [0.717, 1.165) is 0 Å². The van der Waals surface area contributed by atoms with Crippen LogP contribution in [0.3, 0.4) is 0 Å². The second-order valence-electron chi connectivity index (χ2n) is 0.513. The van der Waals surface area contributed by atoms with Gasteiger partial charge in [-0.05, 0) is 0 Å².